The maximum atomic E-state index is 13.1. The Kier molecular flexibility index (Phi) is 7.77. The van der Waals surface area contributed by atoms with E-state index in [-0.39, 0.29) is 31.5 Å². The number of likely N-dealkylation sites (N-methyl/N-ethyl adjacent to an activating group) is 1. The molecule has 29 heavy (non-hydrogen) atoms. The van der Waals surface area contributed by atoms with Crippen LogP contribution in [0, 0.1) is 6.92 Å². The smallest absolute Gasteiger partial charge is 0.325 e. The van der Waals surface area contributed by atoms with Crippen LogP contribution in [0.4, 0.5) is 0 Å². The highest BCUT2D eigenvalue weighted by Crippen LogP contribution is 2.18. The van der Waals surface area contributed by atoms with Crippen molar-refractivity contribution >= 4 is 17.8 Å². The molecule has 0 saturated heterocycles. The number of methoxy groups -OCH3 is 1. The molecule has 2 amide bonds. The van der Waals surface area contributed by atoms with Crippen molar-refractivity contribution < 1.29 is 23.9 Å². The predicted octanol–water partition coefficient (Wildman–Crippen LogP) is 2.28. The van der Waals surface area contributed by atoms with Gasteiger partial charge in [0.05, 0.1) is 7.11 Å². The number of ether oxygens (including phenoxy) is 2. The molecule has 0 spiro atoms. The van der Waals surface area contributed by atoms with E-state index >= 15 is 0 Å². The first-order valence-electron chi connectivity index (χ1n) is 9.15. The van der Waals surface area contributed by atoms with Gasteiger partial charge >= 0.3 is 5.97 Å². The molecule has 0 bridgehead atoms. The van der Waals surface area contributed by atoms with Gasteiger partial charge in [0.15, 0.2) is 6.61 Å². The van der Waals surface area contributed by atoms with E-state index in [1.54, 1.807) is 38.4 Å². The van der Waals surface area contributed by atoms with Gasteiger partial charge < -0.3 is 19.3 Å². The largest absolute Gasteiger partial charge is 0.484 e. The number of hydrogen-bond acceptors (Lipinski definition) is 5. The molecule has 0 saturated carbocycles. The molecule has 0 atom stereocenters. The molecular formula is C22H26N2O5. The summed E-state index contributed by atoms with van der Waals surface area (Å²) in [5.74, 6) is -0.618. The van der Waals surface area contributed by atoms with Gasteiger partial charge in [0.1, 0.15) is 12.3 Å². The normalized spacial score (nSPS) is 10.2. The molecule has 2 aromatic rings. The van der Waals surface area contributed by atoms with Gasteiger partial charge in [0.2, 0.25) is 0 Å². The van der Waals surface area contributed by atoms with E-state index in [0.29, 0.717) is 11.3 Å². The van der Waals surface area contributed by atoms with Crippen molar-refractivity contribution in [1.82, 2.24) is 9.80 Å². The van der Waals surface area contributed by atoms with Gasteiger partial charge in [-0.15, -0.1) is 0 Å². The maximum absolute atomic E-state index is 13.1. The molecular weight excluding hydrogens is 372 g/mol. The SMILES string of the molecule is COC(=O)CN(Cc1ccccc1C)C(=O)c1cccc(OCC(=O)N(C)C)c1. The number of benzene rings is 2. The topological polar surface area (TPSA) is 76.1 Å². The van der Waals surface area contributed by atoms with Crippen LogP contribution in [-0.4, -0.2) is 61.9 Å². The third-order valence-corrected chi connectivity index (χ3v) is 4.40. The minimum atomic E-state index is -0.504. The molecule has 154 valence electrons. The Bertz CT molecular complexity index is 879. The predicted molar refractivity (Wildman–Crippen MR) is 109 cm³/mol. The van der Waals surface area contributed by atoms with Gasteiger partial charge in [0, 0.05) is 26.2 Å². The van der Waals surface area contributed by atoms with E-state index < -0.39 is 5.97 Å². The average Bonchev–Trinajstić information content (AvgIpc) is 2.72. The van der Waals surface area contributed by atoms with Crippen molar-refractivity contribution in [3.63, 3.8) is 0 Å². The summed E-state index contributed by atoms with van der Waals surface area (Å²) in [6, 6.07) is 14.2. The van der Waals surface area contributed by atoms with Crippen molar-refractivity contribution in [2.75, 3.05) is 34.4 Å². The molecule has 0 aliphatic rings. The van der Waals surface area contributed by atoms with Crippen molar-refractivity contribution in [1.29, 1.82) is 0 Å². The summed E-state index contributed by atoms with van der Waals surface area (Å²) in [6.07, 6.45) is 0. The van der Waals surface area contributed by atoms with Crippen LogP contribution in [0.15, 0.2) is 48.5 Å². The zero-order valence-electron chi connectivity index (χ0n) is 17.2. The van der Waals surface area contributed by atoms with Gasteiger partial charge in [0.25, 0.3) is 11.8 Å². The standard InChI is InChI=1S/C22H26N2O5/c1-16-8-5-6-9-18(16)13-24(14-21(26)28-4)22(27)17-10-7-11-19(12-17)29-15-20(25)23(2)3/h5-12H,13-15H2,1-4H3. The van der Waals surface area contributed by atoms with E-state index in [1.807, 2.05) is 31.2 Å². The summed E-state index contributed by atoms with van der Waals surface area (Å²) in [7, 11) is 4.57. The lowest BCUT2D eigenvalue weighted by molar-refractivity contribution is -0.141. The van der Waals surface area contributed by atoms with Crippen LogP contribution in [0.5, 0.6) is 5.75 Å². The first-order chi connectivity index (χ1) is 13.8. The quantitative estimate of drug-likeness (QED) is 0.638. The van der Waals surface area contributed by atoms with Crippen molar-refractivity contribution in [2.45, 2.75) is 13.5 Å². The number of carbonyl (C=O) groups excluding carboxylic acids is 3. The highest BCUT2D eigenvalue weighted by Gasteiger charge is 2.21. The molecule has 7 heteroatoms. The van der Waals surface area contributed by atoms with Crippen LogP contribution >= 0.6 is 0 Å². The second-order valence-electron chi connectivity index (χ2n) is 6.77. The monoisotopic (exact) mass is 398 g/mol. The average molecular weight is 398 g/mol. The van der Waals surface area contributed by atoms with Gasteiger partial charge in [-0.2, -0.15) is 0 Å². The lowest BCUT2D eigenvalue weighted by Gasteiger charge is -2.23. The molecule has 2 rings (SSSR count). The van der Waals surface area contributed by atoms with Gasteiger partial charge in [-0.3, -0.25) is 14.4 Å². The first-order valence-corrected chi connectivity index (χ1v) is 9.15. The van der Waals surface area contributed by atoms with Crippen molar-refractivity contribution in [3.05, 3.63) is 65.2 Å². The van der Waals surface area contributed by atoms with E-state index in [4.69, 9.17) is 9.47 Å². The molecule has 0 aromatic heterocycles. The Balaban J connectivity index is 2.21. The fourth-order valence-electron chi connectivity index (χ4n) is 2.59. The summed E-state index contributed by atoms with van der Waals surface area (Å²) in [5, 5.41) is 0. The van der Waals surface area contributed by atoms with Gasteiger partial charge in [-0.25, -0.2) is 0 Å². The fourth-order valence-corrected chi connectivity index (χ4v) is 2.59. The molecule has 0 unspecified atom stereocenters. The highest BCUT2D eigenvalue weighted by atomic mass is 16.5. The summed E-state index contributed by atoms with van der Waals surface area (Å²) in [6.45, 7) is 1.92. The van der Waals surface area contributed by atoms with E-state index in [2.05, 4.69) is 0 Å². The van der Waals surface area contributed by atoms with Crippen LogP contribution in [-0.2, 0) is 20.9 Å². The minimum absolute atomic E-state index is 0.125. The Morgan fingerprint density at radius 1 is 1.00 bits per heavy atom. The third kappa shape index (κ3) is 6.34. The number of carbonyl (C=O) groups is 3. The summed E-state index contributed by atoms with van der Waals surface area (Å²) in [5.41, 5.74) is 2.32. The van der Waals surface area contributed by atoms with E-state index in [0.717, 1.165) is 11.1 Å². The zero-order valence-corrected chi connectivity index (χ0v) is 17.2. The first kappa shape index (κ1) is 21.9. The zero-order chi connectivity index (χ0) is 21.4. The molecule has 0 heterocycles. The second-order valence-corrected chi connectivity index (χ2v) is 6.77. The summed E-state index contributed by atoms with van der Waals surface area (Å²) < 4.78 is 10.2. The lowest BCUT2D eigenvalue weighted by Crippen LogP contribution is -2.36. The Morgan fingerprint density at radius 2 is 1.72 bits per heavy atom. The number of amides is 2. The molecule has 0 radical (unpaired) electrons. The van der Waals surface area contributed by atoms with Crippen LogP contribution in [0.1, 0.15) is 21.5 Å². The molecule has 0 N–H and O–H groups in total. The molecule has 2 aromatic carbocycles. The number of aryl methyl sites for hydroxylation is 1. The summed E-state index contributed by atoms with van der Waals surface area (Å²) in [4.78, 5) is 39.5. The Labute approximate surface area is 170 Å². The third-order valence-electron chi connectivity index (χ3n) is 4.40. The molecule has 7 nitrogen and oxygen atoms in total. The van der Waals surface area contributed by atoms with Crippen LogP contribution in [0.25, 0.3) is 0 Å². The highest BCUT2D eigenvalue weighted by molar-refractivity contribution is 5.96. The van der Waals surface area contributed by atoms with Crippen molar-refractivity contribution in [2.24, 2.45) is 0 Å². The van der Waals surface area contributed by atoms with Gasteiger partial charge in [-0.1, -0.05) is 30.3 Å². The van der Waals surface area contributed by atoms with Crippen LogP contribution in [0.2, 0.25) is 0 Å². The summed E-state index contributed by atoms with van der Waals surface area (Å²) >= 11 is 0. The minimum Gasteiger partial charge on any atom is -0.484 e. The van der Waals surface area contributed by atoms with E-state index in [1.165, 1.54) is 16.9 Å². The fraction of sp³-hybridized carbons (Fsp3) is 0.318. The number of rotatable bonds is 8. The van der Waals surface area contributed by atoms with Crippen LogP contribution in [0.3, 0.4) is 0 Å². The molecule has 0 aliphatic heterocycles. The number of hydrogen-bond donors (Lipinski definition) is 0. The second kappa shape index (κ2) is 10.3. The van der Waals surface area contributed by atoms with Crippen molar-refractivity contribution in [3.8, 4) is 5.75 Å². The maximum Gasteiger partial charge on any atom is 0.325 e. The Hall–Kier alpha value is -3.35. The number of nitrogens with zero attached hydrogens (tertiary/aromatic N) is 2. The molecule has 0 fully saturated rings. The molecule has 0 aliphatic carbocycles. The van der Waals surface area contributed by atoms with E-state index in [9.17, 15) is 14.4 Å². The Morgan fingerprint density at radius 3 is 2.38 bits per heavy atom. The lowest BCUT2D eigenvalue weighted by atomic mass is 10.1. The number of esters is 1. The van der Waals surface area contributed by atoms with Crippen LogP contribution < -0.4 is 4.74 Å². The van der Waals surface area contributed by atoms with Gasteiger partial charge in [-0.05, 0) is 36.2 Å².